The van der Waals surface area contributed by atoms with Gasteiger partial charge in [-0.3, -0.25) is 4.79 Å². The van der Waals surface area contributed by atoms with Crippen molar-refractivity contribution < 1.29 is 14.6 Å². The Bertz CT molecular complexity index is 677. The van der Waals surface area contributed by atoms with Crippen LogP contribution in [0.2, 0.25) is 0 Å². The first-order valence-electron chi connectivity index (χ1n) is 5.48. The van der Waals surface area contributed by atoms with E-state index in [1.807, 2.05) is 6.07 Å². The third kappa shape index (κ3) is 2.72. The van der Waals surface area contributed by atoms with Crippen LogP contribution in [0.25, 0.3) is 10.9 Å². The highest BCUT2D eigenvalue weighted by atomic mass is 16.5. The number of ether oxygens (including phenoxy) is 1. The van der Waals surface area contributed by atoms with Crippen molar-refractivity contribution in [1.29, 1.82) is 5.26 Å². The van der Waals surface area contributed by atoms with Crippen LogP contribution in [-0.4, -0.2) is 29.7 Å². The number of nitrogens with zero attached hydrogens (tertiary/aromatic N) is 2. The molecule has 0 aliphatic carbocycles. The van der Waals surface area contributed by atoms with Crippen LogP contribution in [0, 0.1) is 11.3 Å². The molecule has 0 fully saturated rings. The molecule has 0 amide bonds. The molecule has 0 atom stereocenters. The summed E-state index contributed by atoms with van der Waals surface area (Å²) in [5.74, 6) is -0.0764. The molecule has 2 aromatic rings. The van der Waals surface area contributed by atoms with E-state index in [0.29, 0.717) is 16.8 Å². The molecule has 0 saturated carbocycles. The summed E-state index contributed by atoms with van der Waals surface area (Å²) < 4.78 is 5.10. The fourth-order valence-electron chi connectivity index (χ4n) is 1.66. The van der Waals surface area contributed by atoms with Gasteiger partial charge in [-0.1, -0.05) is 0 Å². The highest BCUT2D eigenvalue weighted by molar-refractivity contribution is 5.85. The van der Waals surface area contributed by atoms with Crippen molar-refractivity contribution in [2.45, 2.75) is 0 Å². The summed E-state index contributed by atoms with van der Waals surface area (Å²) in [5, 5.41) is 21.1. The zero-order chi connectivity index (χ0) is 13.8. The molecule has 1 aromatic heterocycles. The number of nitriles is 1. The number of hydrogen-bond acceptors (Lipinski definition) is 5. The van der Waals surface area contributed by atoms with E-state index >= 15 is 0 Å². The zero-order valence-corrected chi connectivity index (χ0v) is 10.2. The van der Waals surface area contributed by atoms with Crippen molar-refractivity contribution in [1.82, 2.24) is 4.98 Å². The van der Waals surface area contributed by atoms with Crippen LogP contribution >= 0.6 is 0 Å². The van der Waals surface area contributed by atoms with Crippen LogP contribution in [0.15, 0.2) is 24.3 Å². The first kappa shape index (κ1) is 12.6. The van der Waals surface area contributed by atoms with Gasteiger partial charge in [0.15, 0.2) is 0 Å². The fourth-order valence-corrected chi connectivity index (χ4v) is 1.66. The predicted octanol–water partition coefficient (Wildman–Crippen LogP) is 1.61. The van der Waals surface area contributed by atoms with Crippen molar-refractivity contribution >= 4 is 22.7 Å². The van der Waals surface area contributed by atoms with E-state index in [-0.39, 0.29) is 12.4 Å². The van der Waals surface area contributed by atoms with Gasteiger partial charge in [-0.25, -0.2) is 4.98 Å². The fraction of sp³-hybridized carbons (Fsp3) is 0.154. The van der Waals surface area contributed by atoms with Crippen LogP contribution in [0.1, 0.15) is 5.56 Å². The standard InChI is InChI=1S/C13H11N3O3/c1-19-10-2-3-11-8(5-10)4-9(6-14)13(16-11)15-7-12(17)18/h2-5H,7H2,1H3,(H,15,16)(H,17,18). The minimum atomic E-state index is -1.01. The first-order valence-corrected chi connectivity index (χ1v) is 5.48. The summed E-state index contributed by atoms with van der Waals surface area (Å²) in [6, 6.07) is 8.91. The van der Waals surface area contributed by atoms with Gasteiger partial charge in [-0.2, -0.15) is 5.26 Å². The molecule has 1 aromatic carbocycles. The van der Waals surface area contributed by atoms with E-state index in [9.17, 15) is 4.79 Å². The number of nitrogens with one attached hydrogen (secondary N) is 1. The Morgan fingerprint density at radius 2 is 2.32 bits per heavy atom. The lowest BCUT2D eigenvalue weighted by Gasteiger charge is -2.08. The Labute approximate surface area is 109 Å². The van der Waals surface area contributed by atoms with Crippen LogP contribution in [-0.2, 0) is 4.79 Å². The molecule has 1 heterocycles. The average molecular weight is 257 g/mol. The van der Waals surface area contributed by atoms with Crippen LogP contribution in [0.5, 0.6) is 5.75 Å². The second-order valence-corrected chi connectivity index (χ2v) is 3.80. The van der Waals surface area contributed by atoms with Crippen molar-refractivity contribution in [2.24, 2.45) is 0 Å². The number of anilines is 1. The van der Waals surface area contributed by atoms with E-state index < -0.39 is 5.97 Å². The SMILES string of the molecule is COc1ccc2nc(NCC(=O)O)c(C#N)cc2c1. The Hall–Kier alpha value is -2.81. The first-order chi connectivity index (χ1) is 9.13. The Kier molecular flexibility index (Phi) is 3.48. The summed E-state index contributed by atoms with van der Waals surface area (Å²) in [7, 11) is 1.56. The van der Waals surface area contributed by atoms with Crippen molar-refractivity contribution in [3.05, 3.63) is 29.8 Å². The summed E-state index contributed by atoms with van der Waals surface area (Å²) in [5.41, 5.74) is 0.953. The molecular formula is C13H11N3O3. The van der Waals surface area contributed by atoms with E-state index in [1.165, 1.54) is 0 Å². The van der Waals surface area contributed by atoms with Gasteiger partial charge in [0.2, 0.25) is 0 Å². The number of pyridine rings is 1. The molecule has 0 unspecified atom stereocenters. The van der Waals surface area contributed by atoms with E-state index in [2.05, 4.69) is 10.3 Å². The summed E-state index contributed by atoms with van der Waals surface area (Å²) >= 11 is 0. The molecule has 2 rings (SSSR count). The van der Waals surface area contributed by atoms with Crippen molar-refractivity contribution in [3.8, 4) is 11.8 Å². The lowest BCUT2D eigenvalue weighted by molar-refractivity contribution is -0.134. The van der Waals surface area contributed by atoms with Gasteiger partial charge in [0.05, 0.1) is 18.2 Å². The molecular weight excluding hydrogens is 246 g/mol. The lowest BCUT2D eigenvalue weighted by atomic mass is 10.1. The number of carboxylic acid groups (broad SMARTS) is 1. The quantitative estimate of drug-likeness (QED) is 0.864. The van der Waals surface area contributed by atoms with Crippen LogP contribution in [0.4, 0.5) is 5.82 Å². The van der Waals surface area contributed by atoms with Gasteiger partial charge in [0.1, 0.15) is 24.2 Å². The maximum absolute atomic E-state index is 10.5. The number of hydrogen-bond donors (Lipinski definition) is 2. The smallest absolute Gasteiger partial charge is 0.322 e. The minimum absolute atomic E-state index is 0.266. The maximum Gasteiger partial charge on any atom is 0.322 e. The zero-order valence-electron chi connectivity index (χ0n) is 10.2. The lowest BCUT2D eigenvalue weighted by Crippen LogP contribution is -2.14. The maximum atomic E-state index is 10.5. The minimum Gasteiger partial charge on any atom is -0.497 e. The van der Waals surface area contributed by atoms with Gasteiger partial charge in [0, 0.05) is 5.39 Å². The van der Waals surface area contributed by atoms with Gasteiger partial charge in [-0.05, 0) is 24.3 Å². The van der Waals surface area contributed by atoms with Gasteiger partial charge in [-0.15, -0.1) is 0 Å². The molecule has 0 radical (unpaired) electrons. The van der Waals surface area contributed by atoms with E-state index in [0.717, 1.165) is 5.39 Å². The number of carboxylic acids is 1. The van der Waals surface area contributed by atoms with E-state index in [1.54, 1.807) is 31.4 Å². The molecule has 6 nitrogen and oxygen atoms in total. The molecule has 0 spiro atoms. The predicted molar refractivity (Wildman–Crippen MR) is 69.1 cm³/mol. The highest BCUT2D eigenvalue weighted by Crippen LogP contribution is 2.23. The Morgan fingerprint density at radius 1 is 1.53 bits per heavy atom. The number of aromatic nitrogens is 1. The van der Waals surface area contributed by atoms with Crippen molar-refractivity contribution in [3.63, 3.8) is 0 Å². The molecule has 0 saturated heterocycles. The topological polar surface area (TPSA) is 95.2 Å². The largest absolute Gasteiger partial charge is 0.497 e. The second kappa shape index (κ2) is 5.23. The Balaban J connectivity index is 2.48. The summed E-state index contributed by atoms with van der Waals surface area (Å²) in [6.07, 6.45) is 0. The van der Waals surface area contributed by atoms with Crippen LogP contribution < -0.4 is 10.1 Å². The highest BCUT2D eigenvalue weighted by Gasteiger charge is 2.08. The third-order valence-corrected chi connectivity index (χ3v) is 2.55. The molecule has 0 aliphatic rings. The number of methoxy groups -OCH3 is 1. The molecule has 6 heteroatoms. The van der Waals surface area contributed by atoms with Gasteiger partial charge >= 0.3 is 5.97 Å². The molecule has 0 bridgehead atoms. The molecule has 19 heavy (non-hydrogen) atoms. The summed E-state index contributed by atoms with van der Waals surface area (Å²) in [4.78, 5) is 14.8. The number of aliphatic carboxylic acids is 1. The number of carbonyl (C=O) groups is 1. The van der Waals surface area contributed by atoms with Crippen LogP contribution in [0.3, 0.4) is 0 Å². The number of benzene rings is 1. The summed E-state index contributed by atoms with van der Waals surface area (Å²) in [6.45, 7) is -0.288. The molecule has 2 N–H and O–H groups in total. The van der Waals surface area contributed by atoms with Gasteiger partial charge < -0.3 is 15.2 Å². The monoisotopic (exact) mass is 257 g/mol. The normalized spacial score (nSPS) is 9.89. The van der Waals surface area contributed by atoms with Crippen molar-refractivity contribution in [2.75, 3.05) is 19.0 Å². The van der Waals surface area contributed by atoms with Gasteiger partial charge in [0.25, 0.3) is 0 Å². The second-order valence-electron chi connectivity index (χ2n) is 3.80. The number of fused-ring (bicyclic) bond motifs is 1. The molecule has 0 aliphatic heterocycles. The Morgan fingerprint density at radius 3 is 2.95 bits per heavy atom. The van der Waals surface area contributed by atoms with E-state index in [4.69, 9.17) is 15.1 Å². The number of rotatable bonds is 4. The third-order valence-electron chi connectivity index (χ3n) is 2.55. The average Bonchev–Trinajstić information content (AvgIpc) is 2.43. The molecule has 96 valence electrons.